The van der Waals surface area contributed by atoms with Gasteiger partial charge >= 0.3 is 0 Å². The molecule has 0 unspecified atom stereocenters. The fourth-order valence-electron chi connectivity index (χ4n) is 0.938. The third kappa shape index (κ3) is 2.72. The molecule has 0 radical (unpaired) electrons. The molecule has 3 nitrogen and oxygen atoms in total. The zero-order valence-corrected chi connectivity index (χ0v) is 9.23. The third-order valence-electron chi connectivity index (χ3n) is 1.71. The summed E-state index contributed by atoms with van der Waals surface area (Å²) in [5.74, 6) is -0.0648. The van der Waals surface area contributed by atoms with Gasteiger partial charge < -0.3 is 4.90 Å². The number of rotatable bonds is 3. The van der Waals surface area contributed by atoms with Gasteiger partial charge in [0.15, 0.2) is 0 Å². The van der Waals surface area contributed by atoms with Crippen molar-refractivity contribution in [2.24, 2.45) is 0 Å². The Morgan fingerprint density at radius 1 is 1.71 bits per heavy atom. The highest BCUT2D eigenvalue weighted by molar-refractivity contribution is 7.20. The van der Waals surface area contributed by atoms with Gasteiger partial charge in [-0.1, -0.05) is 11.6 Å². The van der Waals surface area contributed by atoms with Crippen molar-refractivity contribution in [3.05, 3.63) is 16.5 Å². The first kappa shape index (κ1) is 11.0. The summed E-state index contributed by atoms with van der Waals surface area (Å²) in [6.45, 7) is 0. The minimum absolute atomic E-state index is 0.0648. The number of hydrogen-bond donors (Lipinski definition) is 0. The highest BCUT2D eigenvalue weighted by Crippen LogP contribution is 2.29. The van der Waals surface area contributed by atoms with Crippen LogP contribution in [-0.4, -0.2) is 13.0 Å². The molecule has 1 aromatic rings. The maximum atomic E-state index is 11.5. The van der Waals surface area contributed by atoms with E-state index in [9.17, 15) is 4.79 Å². The Morgan fingerprint density at radius 2 is 2.43 bits per heavy atom. The highest BCUT2D eigenvalue weighted by Gasteiger charge is 2.11. The van der Waals surface area contributed by atoms with E-state index in [4.69, 9.17) is 16.9 Å². The van der Waals surface area contributed by atoms with E-state index in [0.29, 0.717) is 4.34 Å². The number of carbonyl (C=O) groups excluding carboxylic acids is 1. The summed E-state index contributed by atoms with van der Waals surface area (Å²) in [6, 6.07) is 5.47. The molecule has 0 saturated heterocycles. The summed E-state index contributed by atoms with van der Waals surface area (Å²) < 4.78 is 0.653. The third-order valence-corrected chi connectivity index (χ3v) is 3.02. The number of nitriles is 1. The van der Waals surface area contributed by atoms with E-state index < -0.39 is 0 Å². The molecule has 0 atom stereocenters. The molecule has 0 saturated carbocycles. The smallest absolute Gasteiger partial charge is 0.228 e. The molecule has 0 fully saturated rings. The van der Waals surface area contributed by atoms with Crippen LogP contribution in [0.1, 0.15) is 12.8 Å². The summed E-state index contributed by atoms with van der Waals surface area (Å²) in [5.41, 5.74) is 0. The second-order valence-corrected chi connectivity index (χ2v) is 4.38. The van der Waals surface area contributed by atoms with Gasteiger partial charge in [0, 0.05) is 19.9 Å². The molecule has 0 N–H and O–H groups in total. The quantitative estimate of drug-likeness (QED) is 0.799. The molecule has 14 heavy (non-hydrogen) atoms. The van der Waals surface area contributed by atoms with Crippen LogP contribution in [0.25, 0.3) is 0 Å². The highest BCUT2D eigenvalue weighted by atomic mass is 35.5. The Kier molecular flexibility index (Phi) is 3.93. The molecule has 0 aliphatic carbocycles. The average Bonchev–Trinajstić information content (AvgIpc) is 2.60. The second kappa shape index (κ2) is 4.99. The second-order valence-electron chi connectivity index (χ2n) is 2.69. The Balaban J connectivity index is 2.62. The molecule has 1 aromatic heterocycles. The minimum atomic E-state index is -0.0648. The van der Waals surface area contributed by atoms with Crippen molar-refractivity contribution < 1.29 is 4.79 Å². The van der Waals surface area contributed by atoms with Crippen LogP contribution >= 0.6 is 22.9 Å². The zero-order valence-electron chi connectivity index (χ0n) is 7.66. The molecule has 1 rings (SSSR count). The zero-order chi connectivity index (χ0) is 10.6. The van der Waals surface area contributed by atoms with E-state index in [2.05, 4.69) is 0 Å². The topological polar surface area (TPSA) is 44.1 Å². The van der Waals surface area contributed by atoms with Crippen molar-refractivity contribution in [3.8, 4) is 6.07 Å². The predicted octanol–water partition coefficient (Wildman–Crippen LogP) is 2.67. The molecule has 74 valence electrons. The summed E-state index contributed by atoms with van der Waals surface area (Å²) in [6.07, 6.45) is 0.505. The Hall–Kier alpha value is -1.05. The minimum Gasteiger partial charge on any atom is -0.307 e. The summed E-state index contributed by atoms with van der Waals surface area (Å²) in [7, 11) is 1.68. The number of halogens is 1. The lowest BCUT2D eigenvalue weighted by Crippen LogP contribution is -2.24. The van der Waals surface area contributed by atoms with E-state index in [-0.39, 0.29) is 18.7 Å². The first-order chi connectivity index (χ1) is 6.65. The molecule has 0 aromatic carbocycles. The summed E-state index contributed by atoms with van der Waals surface area (Å²) in [4.78, 5) is 13.0. The first-order valence-electron chi connectivity index (χ1n) is 4.04. The van der Waals surface area contributed by atoms with Crippen molar-refractivity contribution in [2.75, 3.05) is 11.9 Å². The summed E-state index contributed by atoms with van der Waals surface area (Å²) in [5, 5.41) is 9.14. The Bertz CT molecular complexity index is 369. The van der Waals surface area contributed by atoms with Crippen molar-refractivity contribution in [3.63, 3.8) is 0 Å². The van der Waals surface area contributed by atoms with Crippen molar-refractivity contribution >= 4 is 33.8 Å². The molecule has 1 heterocycles. The van der Waals surface area contributed by atoms with Gasteiger partial charge in [-0.25, -0.2) is 0 Å². The molecule has 1 amide bonds. The van der Waals surface area contributed by atoms with Gasteiger partial charge in [0.05, 0.1) is 15.4 Å². The number of anilines is 1. The van der Waals surface area contributed by atoms with E-state index >= 15 is 0 Å². The van der Waals surface area contributed by atoms with Gasteiger partial charge in [-0.2, -0.15) is 5.26 Å². The van der Waals surface area contributed by atoms with Gasteiger partial charge in [0.25, 0.3) is 0 Å². The molecule has 0 aliphatic heterocycles. The largest absolute Gasteiger partial charge is 0.307 e. The van der Waals surface area contributed by atoms with Crippen molar-refractivity contribution in [1.29, 1.82) is 5.26 Å². The van der Waals surface area contributed by atoms with Gasteiger partial charge in [-0.3, -0.25) is 4.79 Å². The number of thiophene rings is 1. The summed E-state index contributed by atoms with van der Waals surface area (Å²) >= 11 is 7.09. The lowest BCUT2D eigenvalue weighted by atomic mass is 10.3. The monoisotopic (exact) mass is 228 g/mol. The first-order valence-corrected chi connectivity index (χ1v) is 5.23. The molecule has 0 spiro atoms. The van der Waals surface area contributed by atoms with Crippen LogP contribution in [0.3, 0.4) is 0 Å². The van der Waals surface area contributed by atoms with Crippen LogP contribution in [0, 0.1) is 11.3 Å². The van der Waals surface area contributed by atoms with Gasteiger partial charge in [0.2, 0.25) is 5.91 Å². The van der Waals surface area contributed by atoms with Crippen molar-refractivity contribution in [2.45, 2.75) is 12.8 Å². The number of carbonyl (C=O) groups is 1. The fraction of sp³-hybridized carbons (Fsp3) is 0.333. The molecular weight excluding hydrogens is 220 g/mol. The van der Waals surface area contributed by atoms with E-state index in [1.807, 2.05) is 6.07 Å². The maximum absolute atomic E-state index is 11.5. The van der Waals surface area contributed by atoms with Crippen LogP contribution in [0.5, 0.6) is 0 Å². The lowest BCUT2D eigenvalue weighted by molar-refractivity contribution is -0.118. The van der Waals surface area contributed by atoms with Crippen LogP contribution < -0.4 is 4.90 Å². The van der Waals surface area contributed by atoms with Gasteiger partial charge in [-0.05, 0) is 12.1 Å². The maximum Gasteiger partial charge on any atom is 0.228 e. The Labute approximate surface area is 91.5 Å². The van der Waals surface area contributed by atoms with E-state index in [1.165, 1.54) is 16.2 Å². The van der Waals surface area contributed by atoms with Crippen LogP contribution in [0.15, 0.2) is 12.1 Å². The van der Waals surface area contributed by atoms with Gasteiger partial charge in [0.1, 0.15) is 0 Å². The number of hydrogen-bond acceptors (Lipinski definition) is 3. The number of nitrogens with zero attached hydrogens (tertiary/aromatic N) is 2. The van der Waals surface area contributed by atoms with Crippen LogP contribution in [0.2, 0.25) is 4.34 Å². The number of amides is 1. The average molecular weight is 229 g/mol. The molecule has 5 heteroatoms. The van der Waals surface area contributed by atoms with Crippen molar-refractivity contribution in [1.82, 2.24) is 0 Å². The van der Waals surface area contributed by atoms with E-state index in [1.54, 1.807) is 19.2 Å². The van der Waals surface area contributed by atoms with Gasteiger partial charge in [-0.15, -0.1) is 11.3 Å². The van der Waals surface area contributed by atoms with Crippen LogP contribution in [-0.2, 0) is 4.79 Å². The standard InChI is InChI=1S/C9H9ClN2OS/c1-12(8(13)3-2-6-11)9-5-4-7(10)14-9/h4-5H,2-3H2,1H3. The fourth-order valence-corrected chi connectivity index (χ4v) is 1.95. The van der Waals surface area contributed by atoms with E-state index in [0.717, 1.165) is 5.00 Å². The van der Waals surface area contributed by atoms with Crippen LogP contribution in [0.4, 0.5) is 5.00 Å². The Morgan fingerprint density at radius 3 is 2.93 bits per heavy atom. The lowest BCUT2D eigenvalue weighted by Gasteiger charge is -2.13. The molecular formula is C9H9ClN2OS. The molecule has 0 bridgehead atoms. The normalized spacial score (nSPS) is 9.50. The predicted molar refractivity (Wildman–Crippen MR) is 57.6 cm³/mol. The molecule has 0 aliphatic rings. The SMILES string of the molecule is CN(C(=O)CCC#N)c1ccc(Cl)s1.